The topological polar surface area (TPSA) is 49.4 Å². The van der Waals surface area contributed by atoms with E-state index < -0.39 is 11.6 Å². The zero-order valence-electron chi connectivity index (χ0n) is 17.2. The second kappa shape index (κ2) is 10.2. The van der Waals surface area contributed by atoms with Crippen LogP contribution in [0.2, 0.25) is 20.1 Å². The second-order valence-electron chi connectivity index (χ2n) is 8.06. The highest BCUT2D eigenvalue weighted by Crippen LogP contribution is 2.27. The van der Waals surface area contributed by atoms with E-state index in [1.807, 2.05) is 20.8 Å². The number of carbonyl (C=O) groups excluding carboxylic acids is 2. The van der Waals surface area contributed by atoms with Crippen molar-refractivity contribution >= 4 is 58.2 Å². The van der Waals surface area contributed by atoms with Gasteiger partial charge in [0.1, 0.15) is 6.04 Å². The van der Waals surface area contributed by atoms with Crippen LogP contribution in [0.15, 0.2) is 36.4 Å². The average molecular weight is 490 g/mol. The van der Waals surface area contributed by atoms with Crippen LogP contribution in [0.1, 0.15) is 38.8 Å². The van der Waals surface area contributed by atoms with E-state index in [1.54, 1.807) is 43.3 Å². The van der Waals surface area contributed by atoms with E-state index in [2.05, 4.69) is 5.32 Å². The van der Waals surface area contributed by atoms with Gasteiger partial charge in [-0.1, -0.05) is 58.5 Å². The zero-order chi connectivity index (χ0) is 22.6. The lowest BCUT2D eigenvalue weighted by molar-refractivity contribution is -0.140. The van der Waals surface area contributed by atoms with Crippen LogP contribution in [0, 0.1) is 0 Å². The number of carbonyl (C=O) groups is 2. The highest BCUT2D eigenvalue weighted by Gasteiger charge is 2.29. The van der Waals surface area contributed by atoms with E-state index in [0.717, 1.165) is 5.56 Å². The summed E-state index contributed by atoms with van der Waals surface area (Å²) >= 11 is 24.6. The van der Waals surface area contributed by atoms with Crippen LogP contribution in [0.5, 0.6) is 0 Å². The molecule has 1 atom stereocenters. The highest BCUT2D eigenvalue weighted by molar-refractivity contribution is 6.42. The molecule has 162 valence electrons. The summed E-state index contributed by atoms with van der Waals surface area (Å²) in [5, 5.41) is 4.51. The first-order chi connectivity index (χ1) is 13.9. The number of nitrogens with one attached hydrogen (secondary N) is 1. The molecule has 0 aromatic heterocycles. The predicted molar refractivity (Wildman–Crippen MR) is 125 cm³/mol. The number of nitrogens with zero attached hydrogens (tertiary/aromatic N) is 1. The SMILES string of the molecule is C[C@H](C(=O)NC(C)(C)C)N(Cc1ccc(Cl)c(Cl)c1)C(=O)Cc1c(Cl)cccc1Cl. The number of halogens is 4. The summed E-state index contributed by atoms with van der Waals surface area (Å²) in [5.74, 6) is -0.547. The largest absolute Gasteiger partial charge is 0.350 e. The lowest BCUT2D eigenvalue weighted by Crippen LogP contribution is -2.52. The first-order valence-corrected chi connectivity index (χ1v) is 10.9. The van der Waals surface area contributed by atoms with E-state index in [4.69, 9.17) is 46.4 Å². The number of amides is 2. The summed E-state index contributed by atoms with van der Waals surface area (Å²) in [4.78, 5) is 27.5. The molecule has 8 heteroatoms. The van der Waals surface area contributed by atoms with Gasteiger partial charge in [-0.05, 0) is 63.1 Å². The minimum atomic E-state index is -0.729. The summed E-state index contributed by atoms with van der Waals surface area (Å²) in [6.45, 7) is 7.51. The van der Waals surface area contributed by atoms with E-state index in [-0.39, 0.29) is 24.8 Å². The molecule has 0 unspecified atom stereocenters. The van der Waals surface area contributed by atoms with E-state index in [1.165, 1.54) is 4.90 Å². The molecule has 0 radical (unpaired) electrons. The Morgan fingerprint density at radius 1 is 0.967 bits per heavy atom. The van der Waals surface area contributed by atoms with E-state index in [9.17, 15) is 9.59 Å². The third-order valence-corrected chi connectivity index (χ3v) is 5.84. The Bertz CT molecular complexity index is 921. The van der Waals surface area contributed by atoms with E-state index >= 15 is 0 Å². The Kier molecular flexibility index (Phi) is 8.46. The second-order valence-corrected chi connectivity index (χ2v) is 9.69. The van der Waals surface area contributed by atoms with Crippen molar-refractivity contribution < 1.29 is 9.59 Å². The summed E-state index contributed by atoms with van der Waals surface area (Å²) < 4.78 is 0. The molecular weight excluding hydrogens is 466 g/mol. The van der Waals surface area contributed by atoms with Gasteiger partial charge in [0.25, 0.3) is 0 Å². The predicted octanol–water partition coefficient (Wildman–Crippen LogP) is 6.17. The highest BCUT2D eigenvalue weighted by atomic mass is 35.5. The quantitative estimate of drug-likeness (QED) is 0.527. The fraction of sp³-hybridized carbons (Fsp3) is 0.364. The molecule has 0 fully saturated rings. The molecule has 2 aromatic rings. The standard InChI is InChI=1S/C22H24Cl4N2O2/c1-13(21(30)27-22(2,3)4)28(12-14-8-9-18(25)19(26)10-14)20(29)11-15-16(23)6-5-7-17(15)24/h5-10,13H,11-12H2,1-4H3,(H,27,30)/t13-/m1/s1. The van der Waals surface area contributed by atoms with Crippen LogP contribution in [0.4, 0.5) is 0 Å². The molecule has 4 nitrogen and oxygen atoms in total. The normalized spacial score (nSPS) is 12.4. The van der Waals surface area contributed by atoms with Crippen molar-refractivity contribution in [2.24, 2.45) is 0 Å². The molecule has 0 heterocycles. The van der Waals surface area contributed by atoms with Crippen LogP contribution < -0.4 is 5.32 Å². The molecule has 30 heavy (non-hydrogen) atoms. The minimum absolute atomic E-state index is 0.0348. The molecule has 2 aromatic carbocycles. The van der Waals surface area contributed by atoms with E-state index in [0.29, 0.717) is 25.7 Å². The first-order valence-electron chi connectivity index (χ1n) is 9.37. The molecule has 0 saturated heterocycles. The number of rotatable bonds is 6. The van der Waals surface area contributed by atoms with Crippen molar-refractivity contribution in [2.75, 3.05) is 0 Å². The Labute approximate surface area is 197 Å². The summed E-state index contributed by atoms with van der Waals surface area (Å²) in [7, 11) is 0. The summed E-state index contributed by atoms with van der Waals surface area (Å²) in [6, 6.07) is 9.45. The van der Waals surface area contributed by atoms with Crippen molar-refractivity contribution in [3.8, 4) is 0 Å². The van der Waals surface area contributed by atoms with Crippen LogP contribution >= 0.6 is 46.4 Å². The van der Waals surface area contributed by atoms with Crippen LogP contribution in [0.3, 0.4) is 0 Å². The van der Waals surface area contributed by atoms with Crippen molar-refractivity contribution in [3.63, 3.8) is 0 Å². The van der Waals surface area contributed by atoms with Gasteiger partial charge in [-0.2, -0.15) is 0 Å². The maximum absolute atomic E-state index is 13.3. The smallest absolute Gasteiger partial charge is 0.242 e. The van der Waals surface area contributed by atoms with Gasteiger partial charge in [0.05, 0.1) is 16.5 Å². The van der Waals surface area contributed by atoms with Gasteiger partial charge in [-0.15, -0.1) is 0 Å². The summed E-state index contributed by atoms with van der Waals surface area (Å²) in [6.07, 6.45) is -0.0348. The monoisotopic (exact) mass is 488 g/mol. The third-order valence-electron chi connectivity index (χ3n) is 4.39. The van der Waals surface area contributed by atoms with Crippen LogP contribution in [-0.2, 0) is 22.6 Å². The van der Waals surface area contributed by atoms with Gasteiger partial charge >= 0.3 is 0 Å². The molecule has 2 rings (SSSR count). The minimum Gasteiger partial charge on any atom is -0.350 e. The lowest BCUT2D eigenvalue weighted by atomic mass is 10.1. The third kappa shape index (κ3) is 6.78. The zero-order valence-corrected chi connectivity index (χ0v) is 20.3. The Balaban J connectivity index is 2.34. The average Bonchev–Trinajstić information content (AvgIpc) is 2.63. The van der Waals surface area contributed by atoms with Gasteiger partial charge in [0.15, 0.2) is 0 Å². The molecule has 0 bridgehead atoms. The number of hydrogen-bond donors (Lipinski definition) is 1. The molecule has 0 aliphatic carbocycles. The van der Waals surface area contributed by atoms with Crippen molar-refractivity contribution in [1.29, 1.82) is 0 Å². The molecular formula is C22H24Cl4N2O2. The Morgan fingerprint density at radius 2 is 1.57 bits per heavy atom. The molecule has 0 saturated carbocycles. The molecule has 0 aliphatic heterocycles. The van der Waals surface area contributed by atoms with Crippen LogP contribution in [-0.4, -0.2) is 28.3 Å². The summed E-state index contributed by atoms with van der Waals surface area (Å²) in [5.41, 5.74) is 0.835. The molecule has 1 N–H and O–H groups in total. The van der Waals surface area contributed by atoms with Gasteiger partial charge in [-0.3, -0.25) is 9.59 Å². The van der Waals surface area contributed by atoms with Crippen LogP contribution in [0.25, 0.3) is 0 Å². The fourth-order valence-corrected chi connectivity index (χ4v) is 3.70. The maximum atomic E-state index is 13.3. The Hall–Kier alpha value is -1.46. The molecule has 0 aliphatic rings. The lowest BCUT2D eigenvalue weighted by Gasteiger charge is -2.31. The molecule has 2 amide bonds. The maximum Gasteiger partial charge on any atom is 0.242 e. The first kappa shape index (κ1) is 24.8. The van der Waals surface area contributed by atoms with Gasteiger partial charge < -0.3 is 10.2 Å². The Morgan fingerprint density at radius 3 is 2.10 bits per heavy atom. The van der Waals surface area contributed by atoms with Crippen molar-refractivity contribution in [1.82, 2.24) is 10.2 Å². The van der Waals surface area contributed by atoms with Gasteiger partial charge in [0, 0.05) is 22.1 Å². The van der Waals surface area contributed by atoms with Crippen molar-refractivity contribution in [2.45, 2.75) is 52.2 Å². The van der Waals surface area contributed by atoms with Gasteiger partial charge in [0.2, 0.25) is 11.8 Å². The molecule has 0 spiro atoms. The number of benzene rings is 2. The number of hydrogen-bond acceptors (Lipinski definition) is 2. The van der Waals surface area contributed by atoms with Gasteiger partial charge in [-0.25, -0.2) is 0 Å². The van der Waals surface area contributed by atoms with Crippen molar-refractivity contribution in [3.05, 3.63) is 67.6 Å². The fourth-order valence-electron chi connectivity index (χ4n) is 2.85.